The highest BCUT2D eigenvalue weighted by atomic mass is 127. The topological polar surface area (TPSA) is 71.3 Å². The summed E-state index contributed by atoms with van der Waals surface area (Å²) in [5, 5.41) is 12.9. The molecule has 0 unspecified atom stereocenters. The molecule has 0 heterocycles. The lowest BCUT2D eigenvalue weighted by molar-refractivity contribution is -0.112. The molecule has 0 aliphatic heterocycles. The van der Waals surface area contributed by atoms with Gasteiger partial charge in [0.2, 0.25) is 0 Å². The zero-order valence-corrected chi connectivity index (χ0v) is 20.2. The summed E-state index contributed by atoms with van der Waals surface area (Å²) in [6.07, 6.45) is 1.53. The third-order valence-corrected chi connectivity index (χ3v) is 5.35. The number of nitriles is 1. The normalized spacial score (nSPS) is 10.9. The number of anilines is 1. The summed E-state index contributed by atoms with van der Waals surface area (Å²) < 4.78 is 12.6. The molecule has 1 N–H and O–H groups in total. The average Bonchev–Trinajstić information content (AvgIpc) is 2.78. The summed E-state index contributed by atoms with van der Waals surface area (Å²) in [4.78, 5) is 12.5. The maximum Gasteiger partial charge on any atom is 0.266 e. The molecule has 0 saturated heterocycles. The van der Waals surface area contributed by atoms with Crippen LogP contribution in [0.4, 0.5) is 5.69 Å². The highest BCUT2D eigenvalue weighted by Crippen LogP contribution is 2.35. The van der Waals surface area contributed by atoms with Gasteiger partial charge in [-0.3, -0.25) is 4.79 Å². The largest absolute Gasteiger partial charge is 0.490 e. The van der Waals surface area contributed by atoms with Crippen molar-refractivity contribution in [1.29, 1.82) is 5.26 Å². The predicted molar refractivity (Wildman–Crippen MR) is 135 cm³/mol. The minimum atomic E-state index is -0.479. The first-order valence-corrected chi connectivity index (χ1v) is 11.3. The molecule has 32 heavy (non-hydrogen) atoms. The number of nitrogens with zero attached hydrogens (tertiary/aromatic N) is 1. The average molecular weight is 559 g/mol. The van der Waals surface area contributed by atoms with Gasteiger partial charge in [0.15, 0.2) is 11.5 Å². The number of halogens is 2. The lowest BCUT2D eigenvalue weighted by atomic mass is 10.1. The monoisotopic (exact) mass is 558 g/mol. The van der Waals surface area contributed by atoms with Crippen LogP contribution in [0.1, 0.15) is 18.1 Å². The van der Waals surface area contributed by atoms with Crippen molar-refractivity contribution in [3.63, 3.8) is 0 Å². The van der Waals surface area contributed by atoms with E-state index in [4.69, 9.17) is 21.1 Å². The first kappa shape index (κ1) is 23.6. The van der Waals surface area contributed by atoms with E-state index >= 15 is 0 Å². The molecular formula is C25H20ClIN2O3. The van der Waals surface area contributed by atoms with E-state index in [1.165, 1.54) is 6.08 Å². The van der Waals surface area contributed by atoms with Crippen LogP contribution in [0.25, 0.3) is 6.08 Å². The minimum absolute atomic E-state index is 0.0142. The van der Waals surface area contributed by atoms with Gasteiger partial charge in [-0.2, -0.15) is 5.26 Å². The molecule has 0 radical (unpaired) electrons. The SMILES string of the molecule is CCOc1cc(/C=C(\C#N)C(=O)Nc2ccccc2)cc(I)c1OCc1cccc(Cl)c1. The molecule has 0 aliphatic carbocycles. The lowest BCUT2D eigenvalue weighted by Gasteiger charge is -2.15. The molecule has 1 amide bonds. The van der Waals surface area contributed by atoms with Crippen molar-refractivity contribution in [2.75, 3.05) is 11.9 Å². The fourth-order valence-corrected chi connectivity index (χ4v) is 3.89. The summed E-state index contributed by atoms with van der Waals surface area (Å²) in [5.74, 6) is 0.651. The van der Waals surface area contributed by atoms with E-state index in [9.17, 15) is 10.1 Å². The molecule has 5 nitrogen and oxygen atoms in total. The summed E-state index contributed by atoms with van der Waals surface area (Å²) in [6.45, 7) is 2.65. The van der Waals surface area contributed by atoms with Crippen LogP contribution in [0.2, 0.25) is 5.02 Å². The molecule has 162 valence electrons. The Hall–Kier alpha value is -3.02. The Morgan fingerprint density at radius 2 is 1.91 bits per heavy atom. The Balaban J connectivity index is 1.85. The van der Waals surface area contributed by atoms with E-state index in [2.05, 4.69) is 27.9 Å². The standard InChI is InChI=1S/C25H20ClIN2O3/c1-2-31-23-14-18(11-19(15-28)25(30)29-21-9-4-3-5-10-21)13-22(27)24(23)32-16-17-7-6-8-20(26)12-17/h3-14H,2,16H2,1H3,(H,29,30)/b19-11+. The molecule has 7 heteroatoms. The molecule has 3 aromatic carbocycles. The maximum absolute atomic E-state index is 12.5. The van der Waals surface area contributed by atoms with Crippen LogP contribution in [0.3, 0.4) is 0 Å². The minimum Gasteiger partial charge on any atom is -0.490 e. The highest BCUT2D eigenvalue weighted by Gasteiger charge is 2.15. The molecule has 0 spiro atoms. The molecule has 0 bridgehead atoms. The maximum atomic E-state index is 12.5. The number of para-hydroxylation sites is 1. The number of amides is 1. The molecule has 0 aliphatic rings. The third kappa shape index (κ3) is 6.49. The summed E-state index contributed by atoms with van der Waals surface area (Å²) in [6, 6.07) is 22.0. The first-order valence-electron chi connectivity index (χ1n) is 9.82. The van der Waals surface area contributed by atoms with Gasteiger partial charge < -0.3 is 14.8 Å². The Kier molecular flexibility index (Phi) is 8.54. The Morgan fingerprint density at radius 3 is 2.59 bits per heavy atom. The van der Waals surface area contributed by atoms with E-state index in [1.807, 2.05) is 61.5 Å². The molecule has 3 aromatic rings. The van der Waals surface area contributed by atoms with E-state index in [1.54, 1.807) is 18.2 Å². The van der Waals surface area contributed by atoms with Crippen molar-refractivity contribution < 1.29 is 14.3 Å². The van der Waals surface area contributed by atoms with Crippen molar-refractivity contribution in [3.05, 3.63) is 92.0 Å². The lowest BCUT2D eigenvalue weighted by Crippen LogP contribution is -2.13. The van der Waals surface area contributed by atoms with Gasteiger partial charge in [-0.05, 0) is 83.1 Å². The van der Waals surface area contributed by atoms with Gasteiger partial charge in [-0.25, -0.2) is 0 Å². The fourth-order valence-electron chi connectivity index (χ4n) is 2.89. The van der Waals surface area contributed by atoms with Crippen LogP contribution in [0.15, 0.2) is 72.3 Å². The van der Waals surface area contributed by atoms with Crippen LogP contribution in [0, 0.1) is 14.9 Å². The van der Waals surface area contributed by atoms with Gasteiger partial charge in [0.1, 0.15) is 18.2 Å². The fraction of sp³-hybridized carbons (Fsp3) is 0.120. The number of carbonyl (C=O) groups is 1. The Bertz CT molecular complexity index is 1170. The second kappa shape index (κ2) is 11.6. The number of nitrogens with one attached hydrogen (secondary N) is 1. The van der Waals surface area contributed by atoms with Gasteiger partial charge in [-0.1, -0.05) is 41.9 Å². The van der Waals surface area contributed by atoms with Gasteiger partial charge >= 0.3 is 0 Å². The van der Waals surface area contributed by atoms with Crippen LogP contribution in [-0.4, -0.2) is 12.5 Å². The molecule has 0 fully saturated rings. The van der Waals surface area contributed by atoms with Gasteiger partial charge in [-0.15, -0.1) is 0 Å². The van der Waals surface area contributed by atoms with Gasteiger partial charge in [0, 0.05) is 10.7 Å². The van der Waals surface area contributed by atoms with Crippen molar-refractivity contribution in [2.45, 2.75) is 13.5 Å². The van der Waals surface area contributed by atoms with Gasteiger partial charge in [0.05, 0.1) is 10.2 Å². The number of rotatable bonds is 8. The summed E-state index contributed by atoms with van der Waals surface area (Å²) >= 11 is 8.20. The van der Waals surface area contributed by atoms with Crippen LogP contribution in [0.5, 0.6) is 11.5 Å². The quantitative estimate of drug-likeness (QED) is 0.195. The Labute approximate surface area is 205 Å². The Morgan fingerprint density at radius 1 is 1.12 bits per heavy atom. The van der Waals surface area contributed by atoms with E-state index in [0.29, 0.717) is 41.0 Å². The third-order valence-electron chi connectivity index (χ3n) is 4.31. The second-order valence-electron chi connectivity index (χ2n) is 6.67. The number of hydrogen-bond donors (Lipinski definition) is 1. The van der Waals surface area contributed by atoms with E-state index in [0.717, 1.165) is 9.13 Å². The predicted octanol–water partition coefficient (Wildman–Crippen LogP) is 6.47. The second-order valence-corrected chi connectivity index (χ2v) is 8.27. The zero-order chi connectivity index (χ0) is 22.9. The number of carbonyl (C=O) groups excluding carboxylic acids is 1. The van der Waals surface area contributed by atoms with Crippen LogP contribution in [-0.2, 0) is 11.4 Å². The van der Waals surface area contributed by atoms with Crippen LogP contribution >= 0.6 is 34.2 Å². The summed E-state index contributed by atoms with van der Waals surface area (Å²) in [5.41, 5.74) is 2.20. The van der Waals surface area contributed by atoms with Crippen molar-refractivity contribution in [1.82, 2.24) is 0 Å². The summed E-state index contributed by atoms with van der Waals surface area (Å²) in [7, 11) is 0. The van der Waals surface area contributed by atoms with Crippen LogP contribution < -0.4 is 14.8 Å². The molecular weight excluding hydrogens is 539 g/mol. The molecule has 0 atom stereocenters. The number of hydrogen-bond acceptors (Lipinski definition) is 4. The highest BCUT2D eigenvalue weighted by molar-refractivity contribution is 14.1. The van der Waals surface area contributed by atoms with Crippen molar-refractivity contribution in [3.8, 4) is 17.6 Å². The van der Waals surface area contributed by atoms with Crippen molar-refractivity contribution >= 4 is 51.9 Å². The van der Waals surface area contributed by atoms with E-state index in [-0.39, 0.29) is 5.57 Å². The molecule has 0 saturated carbocycles. The smallest absolute Gasteiger partial charge is 0.266 e. The van der Waals surface area contributed by atoms with Gasteiger partial charge in [0.25, 0.3) is 5.91 Å². The molecule has 0 aromatic heterocycles. The molecule has 3 rings (SSSR count). The number of benzene rings is 3. The zero-order valence-electron chi connectivity index (χ0n) is 17.3. The van der Waals surface area contributed by atoms with Crippen molar-refractivity contribution in [2.24, 2.45) is 0 Å². The van der Waals surface area contributed by atoms with E-state index < -0.39 is 5.91 Å². The number of ether oxygens (including phenoxy) is 2. The first-order chi connectivity index (χ1) is 15.5.